The van der Waals surface area contributed by atoms with Crippen LogP contribution < -0.4 is 4.90 Å². The molecule has 2 fully saturated rings. The molecule has 0 bridgehead atoms. The molecule has 2 aliphatic heterocycles. The van der Waals surface area contributed by atoms with Crippen molar-refractivity contribution in [2.75, 3.05) is 50.7 Å². The van der Waals surface area contributed by atoms with Gasteiger partial charge in [0.1, 0.15) is 5.82 Å². The Kier molecular flexibility index (Phi) is 5.38. The fraction of sp³-hybridized carbons (Fsp3) is 0.550. The fourth-order valence-electron chi connectivity index (χ4n) is 4.11. The monoisotopic (exact) mass is 369 g/mol. The summed E-state index contributed by atoms with van der Waals surface area (Å²) in [4.78, 5) is 28.0. The maximum Gasteiger partial charge on any atom is 0.291 e. The zero-order chi connectivity index (χ0) is 18.6. The number of amides is 1. The molecule has 0 aliphatic carbocycles. The number of hydrogen-bond acceptors (Lipinski definition) is 6. The summed E-state index contributed by atoms with van der Waals surface area (Å²) in [6.45, 7) is 8.58. The van der Waals surface area contributed by atoms with Gasteiger partial charge in [-0.1, -0.05) is 6.07 Å². The van der Waals surface area contributed by atoms with Crippen LogP contribution >= 0.6 is 0 Å². The van der Waals surface area contributed by atoms with Crippen LogP contribution in [-0.4, -0.2) is 71.5 Å². The molecule has 4 heterocycles. The van der Waals surface area contributed by atoms with E-state index in [9.17, 15) is 4.79 Å². The van der Waals surface area contributed by atoms with Gasteiger partial charge in [-0.25, -0.2) is 9.97 Å². The number of carbonyl (C=O) groups is 1. The third-order valence-electron chi connectivity index (χ3n) is 5.61. The SMILES string of the molecule is Cc1ncoc1C(=O)N1CCCC(CN2CCN(c3ccccn3)CC2)C1. The number of piperazine rings is 1. The van der Waals surface area contributed by atoms with Crippen LogP contribution in [-0.2, 0) is 0 Å². The lowest BCUT2D eigenvalue weighted by Gasteiger charge is -2.39. The maximum atomic E-state index is 12.7. The van der Waals surface area contributed by atoms with E-state index < -0.39 is 0 Å². The Bertz CT molecular complexity index is 755. The lowest BCUT2D eigenvalue weighted by Crippen LogP contribution is -2.50. The lowest BCUT2D eigenvalue weighted by atomic mass is 9.96. The van der Waals surface area contributed by atoms with E-state index in [1.54, 1.807) is 0 Å². The second kappa shape index (κ2) is 8.08. The zero-order valence-electron chi connectivity index (χ0n) is 15.9. The number of carbonyl (C=O) groups excluding carboxylic acids is 1. The Hall–Kier alpha value is -2.41. The molecule has 1 amide bonds. The van der Waals surface area contributed by atoms with E-state index in [0.29, 0.717) is 17.4 Å². The van der Waals surface area contributed by atoms with Crippen molar-refractivity contribution in [2.45, 2.75) is 19.8 Å². The number of likely N-dealkylation sites (tertiary alicyclic amines) is 1. The first-order valence-electron chi connectivity index (χ1n) is 9.78. The quantitative estimate of drug-likeness (QED) is 0.822. The van der Waals surface area contributed by atoms with Gasteiger partial charge in [-0.05, 0) is 37.8 Å². The smallest absolute Gasteiger partial charge is 0.291 e. The molecule has 7 heteroatoms. The van der Waals surface area contributed by atoms with Crippen LogP contribution in [0.1, 0.15) is 29.1 Å². The number of rotatable bonds is 4. The molecule has 2 saturated heterocycles. The highest BCUT2D eigenvalue weighted by molar-refractivity contribution is 5.92. The molecule has 0 N–H and O–H groups in total. The van der Waals surface area contributed by atoms with Gasteiger partial charge in [0, 0.05) is 52.0 Å². The van der Waals surface area contributed by atoms with E-state index in [4.69, 9.17) is 4.42 Å². The second-order valence-electron chi connectivity index (χ2n) is 7.50. The van der Waals surface area contributed by atoms with Gasteiger partial charge < -0.3 is 14.2 Å². The van der Waals surface area contributed by atoms with Crippen molar-refractivity contribution in [3.05, 3.63) is 42.2 Å². The summed E-state index contributed by atoms with van der Waals surface area (Å²) in [6.07, 6.45) is 5.44. The standard InChI is InChI=1S/C20H27N5O2/c1-16-19(27-15-22-16)20(26)25-8-4-5-17(14-25)13-23-9-11-24(12-10-23)18-6-2-3-7-21-18/h2-3,6-7,15,17H,4-5,8-14H2,1H3. The Labute approximate surface area is 160 Å². The fourth-order valence-corrected chi connectivity index (χ4v) is 4.11. The van der Waals surface area contributed by atoms with Gasteiger partial charge in [-0.3, -0.25) is 9.69 Å². The molecule has 27 heavy (non-hydrogen) atoms. The average molecular weight is 369 g/mol. The first kappa shape index (κ1) is 18.0. The zero-order valence-corrected chi connectivity index (χ0v) is 15.9. The highest BCUT2D eigenvalue weighted by Crippen LogP contribution is 2.22. The van der Waals surface area contributed by atoms with Crippen LogP contribution in [0.25, 0.3) is 0 Å². The van der Waals surface area contributed by atoms with Gasteiger partial charge in [0.25, 0.3) is 5.91 Å². The summed E-state index contributed by atoms with van der Waals surface area (Å²) < 4.78 is 5.29. The van der Waals surface area contributed by atoms with E-state index in [-0.39, 0.29) is 5.91 Å². The third kappa shape index (κ3) is 4.13. The van der Waals surface area contributed by atoms with Crippen molar-refractivity contribution >= 4 is 11.7 Å². The van der Waals surface area contributed by atoms with E-state index in [0.717, 1.165) is 58.1 Å². The first-order valence-corrected chi connectivity index (χ1v) is 9.78. The molecule has 7 nitrogen and oxygen atoms in total. The Balaban J connectivity index is 1.29. The number of piperidine rings is 1. The van der Waals surface area contributed by atoms with Crippen molar-refractivity contribution in [2.24, 2.45) is 5.92 Å². The first-order chi connectivity index (χ1) is 13.2. The number of nitrogens with zero attached hydrogens (tertiary/aromatic N) is 5. The van der Waals surface area contributed by atoms with Gasteiger partial charge in [0.05, 0.1) is 5.69 Å². The Morgan fingerprint density at radius 1 is 1.19 bits per heavy atom. The summed E-state index contributed by atoms with van der Waals surface area (Å²) in [5.41, 5.74) is 0.674. The number of pyridine rings is 1. The van der Waals surface area contributed by atoms with Crippen molar-refractivity contribution < 1.29 is 9.21 Å². The van der Waals surface area contributed by atoms with Gasteiger partial charge >= 0.3 is 0 Å². The largest absolute Gasteiger partial charge is 0.438 e. The van der Waals surface area contributed by atoms with Gasteiger partial charge in [0.2, 0.25) is 5.76 Å². The highest BCUT2D eigenvalue weighted by Gasteiger charge is 2.29. The number of oxazole rings is 1. The van der Waals surface area contributed by atoms with Crippen molar-refractivity contribution in [3.63, 3.8) is 0 Å². The normalized spacial score (nSPS) is 21.4. The molecule has 1 unspecified atom stereocenters. The minimum Gasteiger partial charge on any atom is -0.438 e. The van der Waals surface area contributed by atoms with E-state index in [2.05, 4.69) is 25.8 Å². The lowest BCUT2D eigenvalue weighted by molar-refractivity contribution is 0.0605. The molecular weight excluding hydrogens is 342 g/mol. The Morgan fingerprint density at radius 2 is 2.04 bits per heavy atom. The van der Waals surface area contributed by atoms with Crippen molar-refractivity contribution in [3.8, 4) is 0 Å². The third-order valence-corrected chi connectivity index (χ3v) is 5.61. The van der Waals surface area contributed by atoms with Crippen LogP contribution in [0.5, 0.6) is 0 Å². The molecule has 0 aromatic carbocycles. The van der Waals surface area contributed by atoms with Crippen molar-refractivity contribution in [1.29, 1.82) is 0 Å². The molecule has 144 valence electrons. The highest BCUT2D eigenvalue weighted by atomic mass is 16.3. The number of aromatic nitrogens is 2. The van der Waals surface area contributed by atoms with E-state index >= 15 is 0 Å². The maximum absolute atomic E-state index is 12.7. The average Bonchev–Trinajstić information content (AvgIpc) is 3.15. The summed E-state index contributed by atoms with van der Waals surface area (Å²) in [5.74, 6) is 1.95. The minimum atomic E-state index is -0.0188. The Morgan fingerprint density at radius 3 is 2.74 bits per heavy atom. The van der Waals surface area contributed by atoms with E-state index in [1.807, 2.05) is 30.2 Å². The van der Waals surface area contributed by atoms with Crippen LogP contribution in [0.2, 0.25) is 0 Å². The molecule has 0 spiro atoms. The predicted octanol–water partition coefficient (Wildman–Crippen LogP) is 2.05. The molecule has 2 aliphatic rings. The minimum absolute atomic E-state index is 0.0188. The van der Waals surface area contributed by atoms with Crippen molar-refractivity contribution in [1.82, 2.24) is 19.8 Å². The predicted molar refractivity (Wildman–Crippen MR) is 103 cm³/mol. The topological polar surface area (TPSA) is 65.7 Å². The molecule has 0 radical (unpaired) electrons. The second-order valence-corrected chi connectivity index (χ2v) is 7.50. The van der Waals surface area contributed by atoms with Gasteiger partial charge in [-0.2, -0.15) is 0 Å². The summed E-state index contributed by atoms with van der Waals surface area (Å²) in [5, 5.41) is 0. The molecule has 2 aromatic heterocycles. The number of hydrogen-bond donors (Lipinski definition) is 0. The van der Waals surface area contributed by atoms with E-state index in [1.165, 1.54) is 12.8 Å². The summed E-state index contributed by atoms with van der Waals surface area (Å²) in [7, 11) is 0. The number of anilines is 1. The van der Waals surface area contributed by atoms with Crippen LogP contribution in [0, 0.1) is 12.8 Å². The van der Waals surface area contributed by atoms with Gasteiger partial charge in [-0.15, -0.1) is 0 Å². The van der Waals surface area contributed by atoms with Crippen LogP contribution in [0.4, 0.5) is 5.82 Å². The molecule has 4 rings (SSSR count). The molecule has 2 aromatic rings. The summed E-state index contributed by atoms with van der Waals surface area (Å²) in [6, 6.07) is 6.07. The number of aryl methyl sites for hydroxylation is 1. The van der Waals surface area contributed by atoms with Crippen LogP contribution in [0.3, 0.4) is 0 Å². The molecule has 1 atom stereocenters. The molecular formula is C20H27N5O2. The van der Waals surface area contributed by atoms with Crippen LogP contribution in [0.15, 0.2) is 35.2 Å². The summed E-state index contributed by atoms with van der Waals surface area (Å²) >= 11 is 0. The molecule has 0 saturated carbocycles. The van der Waals surface area contributed by atoms with Gasteiger partial charge in [0.15, 0.2) is 6.39 Å².